The van der Waals surface area contributed by atoms with Gasteiger partial charge >= 0.3 is 5.97 Å². The zero-order valence-corrected chi connectivity index (χ0v) is 15.4. The predicted molar refractivity (Wildman–Crippen MR) is 99.6 cm³/mol. The predicted octanol–water partition coefficient (Wildman–Crippen LogP) is 2.64. The molecule has 0 aliphatic carbocycles. The van der Waals surface area contributed by atoms with Crippen LogP contribution < -0.4 is 10.5 Å². The summed E-state index contributed by atoms with van der Waals surface area (Å²) in [6.07, 6.45) is 0.634. The molecular weight excluding hydrogens is 328 g/mol. The molecule has 5 nitrogen and oxygen atoms in total. The Bertz CT molecular complexity index is 837. The molecule has 2 aromatic carbocycles. The Morgan fingerprint density at radius 1 is 1.15 bits per heavy atom. The molecule has 2 N–H and O–H groups in total. The van der Waals surface area contributed by atoms with Crippen LogP contribution in [0, 0.1) is 13.8 Å². The van der Waals surface area contributed by atoms with Gasteiger partial charge < -0.3 is 10.5 Å². The van der Waals surface area contributed by atoms with Crippen molar-refractivity contribution in [2.45, 2.75) is 46.3 Å². The summed E-state index contributed by atoms with van der Waals surface area (Å²) in [6, 6.07) is 11.9. The first-order chi connectivity index (χ1) is 12.3. The van der Waals surface area contributed by atoms with Gasteiger partial charge in [-0.05, 0) is 48.1 Å². The number of rotatable bonds is 4. The van der Waals surface area contributed by atoms with Crippen LogP contribution in [0.15, 0.2) is 36.4 Å². The zero-order chi connectivity index (χ0) is 18.8. The molecule has 0 spiro atoms. The number of ether oxygens (including phenoxy) is 1. The first kappa shape index (κ1) is 18.1. The van der Waals surface area contributed by atoms with Crippen molar-refractivity contribution in [2.75, 3.05) is 0 Å². The number of amides is 1. The van der Waals surface area contributed by atoms with Gasteiger partial charge in [0.1, 0.15) is 5.75 Å². The molecule has 2 aromatic rings. The lowest BCUT2D eigenvalue weighted by Crippen LogP contribution is -2.48. The minimum Gasteiger partial charge on any atom is -0.426 e. The van der Waals surface area contributed by atoms with E-state index in [0.29, 0.717) is 25.3 Å². The number of benzene rings is 2. The average Bonchev–Trinajstić information content (AvgIpc) is 2.57. The number of aryl methyl sites for hydroxylation is 2. The fourth-order valence-corrected chi connectivity index (χ4v) is 3.69. The van der Waals surface area contributed by atoms with Crippen LogP contribution in [-0.2, 0) is 29.1 Å². The molecule has 0 bridgehead atoms. The standard InChI is InChI=1S/C21H24N2O3/c1-13-8-16(9-14(2)20(13)26-15(3)24)11-23-12-18-7-5-4-6-17(18)10-19(23)21(22)25/h4-9,19H,10-12H2,1-3H3,(H2,22,25)/t19-/m1/s1. The van der Waals surface area contributed by atoms with Crippen LogP contribution in [0.4, 0.5) is 0 Å². The summed E-state index contributed by atoms with van der Waals surface area (Å²) >= 11 is 0. The van der Waals surface area contributed by atoms with E-state index in [1.807, 2.05) is 38.1 Å². The van der Waals surface area contributed by atoms with Crippen molar-refractivity contribution in [3.8, 4) is 5.75 Å². The Labute approximate surface area is 153 Å². The van der Waals surface area contributed by atoms with Crippen molar-refractivity contribution in [1.82, 2.24) is 4.90 Å². The fourth-order valence-electron chi connectivity index (χ4n) is 3.69. The average molecular weight is 352 g/mol. The van der Waals surface area contributed by atoms with E-state index >= 15 is 0 Å². The molecule has 1 atom stereocenters. The van der Waals surface area contributed by atoms with E-state index in [2.05, 4.69) is 17.0 Å². The summed E-state index contributed by atoms with van der Waals surface area (Å²) in [5, 5.41) is 0. The summed E-state index contributed by atoms with van der Waals surface area (Å²) in [4.78, 5) is 25.4. The van der Waals surface area contributed by atoms with Crippen LogP contribution in [0.5, 0.6) is 5.75 Å². The second kappa shape index (κ2) is 7.30. The van der Waals surface area contributed by atoms with E-state index in [1.54, 1.807) is 0 Å². The van der Waals surface area contributed by atoms with E-state index in [4.69, 9.17) is 10.5 Å². The van der Waals surface area contributed by atoms with Crippen LogP contribution in [-0.4, -0.2) is 22.8 Å². The van der Waals surface area contributed by atoms with Crippen molar-refractivity contribution in [3.63, 3.8) is 0 Å². The quantitative estimate of drug-likeness (QED) is 0.678. The van der Waals surface area contributed by atoms with Gasteiger partial charge in [-0.1, -0.05) is 36.4 Å². The van der Waals surface area contributed by atoms with E-state index in [1.165, 1.54) is 18.1 Å². The Balaban J connectivity index is 1.87. The molecule has 1 aliphatic rings. The minimum absolute atomic E-state index is 0.301. The maximum atomic E-state index is 12.0. The van der Waals surface area contributed by atoms with Crippen molar-refractivity contribution >= 4 is 11.9 Å². The van der Waals surface area contributed by atoms with Gasteiger partial charge in [-0.25, -0.2) is 0 Å². The number of fused-ring (bicyclic) bond motifs is 1. The van der Waals surface area contributed by atoms with Gasteiger partial charge in [0.15, 0.2) is 0 Å². The summed E-state index contributed by atoms with van der Waals surface area (Å²) in [5.74, 6) is -0.0217. The molecular formula is C21H24N2O3. The molecule has 0 unspecified atom stereocenters. The van der Waals surface area contributed by atoms with Crippen molar-refractivity contribution in [2.24, 2.45) is 5.73 Å². The van der Waals surface area contributed by atoms with Gasteiger partial charge in [0.05, 0.1) is 6.04 Å². The normalized spacial score (nSPS) is 16.8. The second-order valence-corrected chi connectivity index (χ2v) is 6.95. The molecule has 0 saturated heterocycles. The number of carbonyl (C=O) groups is 2. The number of primary amides is 1. The molecule has 0 radical (unpaired) electrons. The summed E-state index contributed by atoms with van der Waals surface area (Å²) in [6.45, 7) is 6.55. The van der Waals surface area contributed by atoms with Crippen LogP contribution >= 0.6 is 0 Å². The van der Waals surface area contributed by atoms with Crippen LogP contribution in [0.2, 0.25) is 0 Å². The van der Waals surface area contributed by atoms with E-state index < -0.39 is 0 Å². The molecule has 0 aromatic heterocycles. The minimum atomic E-state index is -0.328. The number of esters is 1. The van der Waals surface area contributed by atoms with Gasteiger partial charge in [0.2, 0.25) is 5.91 Å². The highest BCUT2D eigenvalue weighted by atomic mass is 16.5. The maximum Gasteiger partial charge on any atom is 0.308 e. The SMILES string of the molecule is CC(=O)Oc1c(C)cc(CN2Cc3ccccc3C[C@@H]2C(N)=O)cc1C. The Kier molecular flexibility index (Phi) is 5.09. The van der Waals surface area contributed by atoms with Gasteiger partial charge in [-0.15, -0.1) is 0 Å². The first-order valence-corrected chi connectivity index (χ1v) is 8.74. The molecule has 5 heteroatoms. The van der Waals surface area contributed by atoms with E-state index in [9.17, 15) is 9.59 Å². The monoisotopic (exact) mass is 352 g/mol. The molecule has 3 rings (SSSR count). The lowest BCUT2D eigenvalue weighted by molar-refractivity contribution is -0.132. The Morgan fingerprint density at radius 3 is 2.35 bits per heavy atom. The topological polar surface area (TPSA) is 72.6 Å². The van der Waals surface area contributed by atoms with Crippen LogP contribution in [0.1, 0.15) is 34.7 Å². The maximum absolute atomic E-state index is 12.0. The molecule has 1 aliphatic heterocycles. The molecule has 0 fully saturated rings. The first-order valence-electron chi connectivity index (χ1n) is 8.74. The largest absolute Gasteiger partial charge is 0.426 e. The highest BCUT2D eigenvalue weighted by Crippen LogP contribution is 2.28. The number of hydrogen-bond donors (Lipinski definition) is 1. The molecule has 136 valence electrons. The summed E-state index contributed by atoms with van der Waals surface area (Å²) in [7, 11) is 0. The molecule has 1 amide bonds. The van der Waals surface area contributed by atoms with Crippen LogP contribution in [0.25, 0.3) is 0 Å². The van der Waals surface area contributed by atoms with Crippen molar-refractivity contribution < 1.29 is 14.3 Å². The molecule has 1 heterocycles. The molecule has 0 saturated carbocycles. The number of nitrogens with two attached hydrogens (primary N) is 1. The smallest absolute Gasteiger partial charge is 0.308 e. The highest BCUT2D eigenvalue weighted by molar-refractivity contribution is 5.80. The van der Waals surface area contributed by atoms with Gasteiger partial charge in [-0.3, -0.25) is 14.5 Å². The fraction of sp³-hybridized carbons (Fsp3) is 0.333. The van der Waals surface area contributed by atoms with E-state index in [0.717, 1.165) is 16.7 Å². The molecule has 26 heavy (non-hydrogen) atoms. The lowest BCUT2D eigenvalue weighted by atomic mass is 9.93. The van der Waals surface area contributed by atoms with Crippen molar-refractivity contribution in [1.29, 1.82) is 0 Å². The second-order valence-electron chi connectivity index (χ2n) is 6.95. The van der Waals surface area contributed by atoms with Gasteiger partial charge in [0, 0.05) is 20.0 Å². The third-order valence-electron chi connectivity index (χ3n) is 4.83. The third kappa shape index (κ3) is 3.78. The van der Waals surface area contributed by atoms with E-state index in [-0.39, 0.29) is 17.9 Å². The van der Waals surface area contributed by atoms with Crippen molar-refractivity contribution in [3.05, 3.63) is 64.2 Å². The number of carbonyl (C=O) groups excluding carboxylic acids is 2. The third-order valence-corrected chi connectivity index (χ3v) is 4.83. The van der Waals surface area contributed by atoms with Gasteiger partial charge in [-0.2, -0.15) is 0 Å². The summed E-state index contributed by atoms with van der Waals surface area (Å²) < 4.78 is 5.30. The Hall–Kier alpha value is -2.66. The highest BCUT2D eigenvalue weighted by Gasteiger charge is 2.30. The Morgan fingerprint density at radius 2 is 1.77 bits per heavy atom. The number of nitrogens with zero attached hydrogens (tertiary/aromatic N) is 1. The summed E-state index contributed by atoms with van der Waals surface area (Å²) in [5.41, 5.74) is 11.0. The zero-order valence-electron chi connectivity index (χ0n) is 15.4. The number of hydrogen-bond acceptors (Lipinski definition) is 4. The lowest BCUT2D eigenvalue weighted by Gasteiger charge is -2.35. The van der Waals surface area contributed by atoms with Crippen LogP contribution in [0.3, 0.4) is 0 Å². The van der Waals surface area contributed by atoms with Gasteiger partial charge in [0.25, 0.3) is 0 Å².